The third kappa shape index (κ3) is 2.53. The second-order valence-electron chi connectivity index (χ2n) is 4.71. The molecular formula is C15H11Br2NO2. The van der Waals surface area contributed by atoms with Crippen LogP contribution in [-0.2, 0) is 11.2 Å². The summed E-state index contributed by atoms with van der Waals surface area (Å²) >= 11 is 6.86. The van der Waals surface area contributed by atoms with Crippen molar-refractivity contribution in [3.63, 3.8) is 0 Å². The third-order valence-electron chi connectivity index (χ3n) is 3.32. The lowest BCUT2D eigenvalue weighted by molar-refractivity contribution is -0.115. The molecule has 0 aromatic heterocycles. The van der Waals surface area contributed by atoms with Crippen LogP contribution in [0.25, 0.3) is 0 Å². The van der Waals surface area contributed by atoms with Crippen molar-refractivity contribution in [2.45, 2.75) is 12.5 Å². The summed E-state index contributed by atoms with van der Waals surface area (Å²) in [6.45, 7) is 0. The average molecular weight is 397 g/mol. The Balaban J connectivity index is 1.99. The van der Waals surface area contributed by atoms with Crippen LogP contribution in [0.4, 0.5) is 5.69 Å². The highest BCUT2D eigenvalue weighted by atomic mass is 79.9. The Hall–Kier alpha value is -1.17. The Kier molecular flexibility index (Phi) is 3.67. The first-order valence-electron chi connectivity index (χ1n) is 6.10. The summed E-state index contributed by atoms with van der Waals surface area (Å²) in [6, 6.07) is 11.2. The van der Waals surface area contributed by atoms with Gasteiger partial charge in [0.25, 0.3) is 0 Å². The van der Waals surface area contributed by atoms with Crippen molar-refractivity contribution >= 4 is 43.5 Å². The van der Waals surface area contributed by atoms with Gasteiger partial charge in [0.05, 0.1) is 6.42 Å². The zero-order valence-corrected chi connectivity index (χ0v) is 13.5. The molecule has 1 atom stereocenters. The van der Waals surface area contributed by atoms with Gasteiger partial charge >= 0.3 is 0 Å². The fourth-order valence-electron chi connectivity index (χ4n) is 2.32. The molecule has 0 bridgehead atoms. The number of carbonyl (C=O) groups is 1. The van der Waals surface area contributed by atoms with E-state index in [0.717, 1.165) is 31.3 Å². The van der Waals surface area contributed by atoms with Crippen LogP contribution < -0.4 is 5.32 Å². The summed E-state index contributed by atoms with van der Waals surface area (Å²) in [4.78, 5) is 11.4. The SMILES string of the molecule is O=C1Cc2cc(C(O)c3cc(Br)ccc3Br)ccc2N1. The van der Waals surface area contributed by atoms with Gasteiger partial charge in [-0.05, 0) is 35.4 Å². The van der Waals surface area contributed by atoms with E-state index in [2.05, 4.69) is 37.2 Å². The van der Waals surface area contributed by atoms with Gasteiger partial charge in [0.15, 0.2) is 0 Å². The molecule has 1 amide bonds. The van der Waals surface area contributed by atoms with Gasteiger partial charge in [0.2, 0.25) is 5.91 Å². The highest BCUT2D eigenvalue weighted by Gasteiger charge is 2.20. The van der Waals surface area contributed by atoms with Crippen molar-refractivity contribution in [1.82, 2.24) is 0 Å². The average Bonchev–Trinajstić information content (AvgIpc) is 2.79. The first-order chi connectivity index (χ1) is 9.54. The number of hydrogen-bond acceptors (Lipinski definition) is 2. The summed E-state index contributed by atoms with van der Waals surface area (Å²) in [5.41, 5.74) is 3.33. The molecule has 3 rings (SSSR count). The molecule has 1 unspecified atom stereocenters. The minimum Gasteiger partial charge on any atom is -0.384 e. The van der Waals surface area contributed by atoms with Gasteiger partial charge in [-0.1, -0.05) is 44.0 Å². The number of aliphatic hydroxyl groups excluding tert-OH is 1. The molecule has 0 saturated heterocycles. The molecule has 0 spiro atoms. The Morgan fingerprint density at radius 1 is 1.15 bits per heavy atom. The predicted molar refractivity (Wildman–Crippen MR) is 84.7 cm³/mol. The molecule has 1 aliphatic heterocycles. The standard InChI is InChI=1S/C15H11Br2NO2/c16-10-2-3-12(17)11(7-10)15(20)8-1-4-13-9(5-8)6-14(19)18-13/h1-5,7,15,20H,6H2,(H,18,19). The van der Waals surface area contributed by atoms with Gasteiger partial charge in [-0.3, -0.25) is 4.79 Å². The van der Waals surface area contributed by atoms with E-state index in [0.29, 0.717) is 6.42 Å². The van der Waals surface area contributed by atoms with E-state index in [1.807, 2.05) is 36.4 Å². The van der Waals surface area contributed by atoms with Gasteiger partial charge in [-0.15, -0.1) is 0 Å². The van der Waals surface area contributed by atoms with Crippen LogP contribution in [0.15, 0.2) is 45.3 Å². The Morgan fingerprint density at radius 2 is 1.95 bits per heavy atom. The lowest BCUT2D eigenvalue weighted by Gasteiger charge is -2.15. The molecule has 102 valence electrons. The molecule has 2 N–H and O–H groups in total. The Labute approximate surface area is 133 Å². The topological polar surface area (TPSA) is 49.3 Å². The first kappa shape index (κ1) is 13.8. The van der Waals surface area contributed by atoms with Crippen molar-refractivity contribution < 1.29 is 9.90 Å². The largest absolute Gasteiger partial charge is 0.384 e. The molecule has 2 aromatic rings. The van der Waals surface area contributed by atoms with Crippen LogP contribution in [0.5, 0.6) is 0 Å². The van der Waals surface area contributed by atoms with Gasteiger partial charge in [-0.25, -0.2) is 0 Å². The molecule has 1 aliphatic rings. The smallest absolute Gasteiger partial charge is 0.228 e. The van der Waals surface area contributed by atoms with Crippen molar-refractivity contribution in [3.05, 3.63) is 62.0 Å². The van der Waals surface area contributed by atoms with Gasteiger partial charge in [-0.2, -0.15) is 0 Å². The molecule has 5 heteroatoms. The molecule has 0 radical (unpaired) electrons. The number of aliphatic hydroxyl groups is 1. The normalized spacial score (nSPS) is 14.8. The third-order valence-corrected chi connectivity index (χ3v) is 4.54. The number of amides is 1. The fraction of sp³-hybridized carbons (Fsp3) is 0.133. The highest BCUT2D eigenvalue weighted by molar-refractivity contribution is 9.11. The van der Waals surface area contributed by atoms with E-state index in [4.69, 9.17) is 0 Å². The van der Waals surface area contributed by atoms with Crippen LogP contribution in [0, 0.1) is 0 Å². The number of carbonyl (C=O) groups excluding carboxylic acids is 1. The summed E-state index contributed by atoms with van der Waals surface area (Å²) in [7, 11) is 0. The molecule has 0 fully saturated rings. The fourth-order valence-corrected chi connectivity index (χ4v) is 3.17. The molecule has 0 aliphatic carbocycles. The number of anilines is 1. The van der Waals surface area contributed by atoms with E-state index < -0.39 is 6.10 Å². The highest BCUT2D eigenvalue weighted by Crippen LogP contribution is 2.33. The maximum Gasteiger partial charge on any atom is 0.228 e. The lowest BCUT2D eigenvalue weighted by atomic mass is 9.99. The molecule has 20 heavy (non-hydrogen) atoms. The minimum absolute atomic E-state index is 0.00437. The Bertz CT molecular complexity index is 700. The van der Waals surface area contributed by atoms with Crippen molar-refractivity contribution in [2.24, 2.45) is 0 Å². The number of nitrogens with one attached hydrogen (secondary N) is 1. The monoisotopic (exact) mass is 395 g/mol. The summed E-state index contributed by atoms with van der Waals surface area (Å²) in [5.74, 6) is -0.00437. The second-order valence-corrected chi connectivity index (χ2v) is 6.48. The molecule has 1 heterocycles. The van der Waals surface area contributed by atoms with E-state index in [1.165, 1.54) is 0 Å². The number of hydrogen-bond donors (Lipinski definition) is 2. The minimum atomic E-state index is -0.733. The van der Waals surface area contributed by atoms with Crippen LogP contribution >= 0.6 is 31.9 Å². The molecule has 0 saturated carbocycles. The first-order valence-corrected chi connectivity index (χ1v) is 7.69. The van der Waals surface area contributed by atoms with Crippen LogP contribution in [-0.4, -0.2) is 11.0 Å². The lowest BCUT2D eigenvalue weighted by Crippen LogP contribution is -2.03. The maximum atomic E-state index is 11.4. The van der Waals surface area contributed by atoms with E-state index in [9.17, 15) is 9.90 Å². The van der Waals surface area contributed by atoms with E-state index in [1.54, 1.807) is 0 Å². The Morgan fingerprint density at radius 3 is 2.75 bits per heavy atom. The second kappa shape index (κ2) is 5.31. The van der Waals surface area contributed by atoms with Crippen molar-refractivity contribution in [3.8, 4) is 0 Å². The zero-order chi connectivity index (χ0) is 14.3. The molecule has 2 aromatic carbocycles. The summed E-state index contributed by atoms with van der Waals surface area (Å²) in [5, 5.41) is 13.3. The van der Waals surface area contributed by atoms with Crippen LogP contribution in [0.1, 0.15) is 22.8 Å². The molecular weight excluding hydrogens is 386 g/mol. The molecule has 3 nitrogen and oxygen atoms in total. The quantitative estimate of drug-likeness (QED) is 0.811. The van der Waals surface area contributed by atoms with E-state index >= 15 is 0 Å². The van der Waals surface area contributed by atoms with Gasteiger partial charge in [0, 0.05) is 20.2 Å². The predicted octanol–water partition coefficient (Wildman–Crippen LogP) is 3.79. The number of halogens is 2. The van der Waals surface area contributed by atoms with Crippen molar-refractivity contribution in [1.29, 1.82) is 0 Å². The summed E-state index contributed by atoms with van der Waals surface area (Å²) < 4.78 is 1.76. The van der Waals surface area contributed by atoms with Crippen LogP contribution in [0.3, 0.4) is 0 Å². The number of benzene rings is 2. The van der Waals surface area contributed by atoms with Gasteiger partial charge < -0.3 is 10.4 Å². The zero-order valence-electron chi connectivity index (χ0n) is 10.4. The van der Waals surface area contributed by atoms with Crippen molar-refractivity contribution in [2.75, 3.05) is 5.32 Å². The maximum absolute atomic E-state index is 11.4. The number of rotatable bonds is 2. The summed E-state index contributed by atoms with van der Waals surface area (Å²) in [6.07, 6.45) is -0.363. The van der Waals surface area contributed by atoms with E-state index in [-0.39, 0.29) is 5.91 Å². The van der Waals surface area contributed by atoms with Crippen LogP contribution in [0.2, 0.25) is 0 Å². The number of fused-ring (bicyclic) bond motifs is 1. The van der Waals surface area contributed by atoms with Gasteiger partial charge in [0.1, 0.15) is 6.10 Å².